The SMILES string of the molecule is C=CCN1C(=O)NC(c2ccccc2F)C2=C1CN(Cc1ccncc1)C2=O. The van der Waals surface area contributed by atoms with Crippen LogP contribution in [0.4, 0.5) is 9.18 Å². The molecule has 0 bridgehead atoms. The first-order valence-corrected chi connectivity index (χ1v) is 8.94. The van der Waals surface area contributed by atoms with Crippen molar-refractivity contribution in [2.24, 2.45) is 0 Å². The molecule has 2 aliphatic rings. The van der Waals surface area contributed by atoms with Crippen LogP contribution in [-0.2, 0) is 11.3 Å². The Kier molecular flexibility index (Phi) is 4.65. The van der Waals surface area contributed by atoms with Crippen LogP contribution in [0.25, 0.3) is 0 Å². The molecule has 0 spiro atoms. The Morgan fingerprint density at radius 3 is 2.68 bits per heavy atom. The van der Waals surface area contributed by atoms with Gasteiger partial charge >= 0.3 is 6.03 Å². The largest absolute Gasteiger partial charge is 0.329 e. The number of halogens is 1. The number of hydrogen-bond donors (Lipinski definition) is 1. The lowest BCUT2D eigenvalue weighted by Crippen LogP contribution is -2.47. The zero-order valence-corrected chi connectivity index (χ0v) is 15.1. The normalized spacial score (nSPS) is 19.0. The fourth-order valence-corrected chi connectivity index (χ4v) is 3.65. The van der Waals surface area contributed by atoms with Crippen molar-refractivity contribution < 1.29 is 14.0 Å². The van der Waals surface area contributed by atoms with Crippen LogP contribution in [-0.4, -0.2) is 39.8 Å². The molecule has 4 rings (SSSR count). The van der Waals surface area contributed by atoms with Crippen LogP contribution in [0.1, 0.15) is 17.2 Å². The van der Waals surface area contributed by atoms with Crippen LogP contribution in [0.3, 0.4) is 0 Å². The van der Waals surface area contributed by atoms with E-state index in [2.05, 4.69) is 16.9 Å². The molecule has 1 N–H and O–H groups in total. The minimum Gasteiger partial charge on any atom is -0.329 e. The number of aromatic nitrogens is 1. The van der Waals surface area contributed by atoms with Crippen molar-refractivity contribution in [3.63, 3.8) is 0 Å². The fraction of sp³-hybridized carbons (Fsp3) is 0.190. The Bertz CT molecular complexity index is 973. The predicted molar refractivity (Wildman–Crippen MR) is 101 cm³/mol. The highest BCUT2D eigenvalue weighted by Gasteiger charge is 2.44. The molecule has 3 heterocycles. The Morgan fingerprint density at radius 2 is 1.96 bits per heavy atom. The number of urea groups is 1. The van der Waals surface area contributed by atoms with Gasteiger partial charge in [-0.05, 0) is 23.8 Å². The highest BCUT2D eigenvalue weighted by atomic mass is 19.1. The van der Waals surface area contributed by atoms with Crippen molar-refractivity contribution >= 4 is 11.9 Å². The first kappa shape index (κ1) is 17.9. The maximum Gasteiger partial charge on any atom is 0.322 e. The monoisotopic (exact) mass is 378 g/mol. The highest BCUT2D eigenvalue weighted by molar-refractivity contribution is 6.01. The molecule has 1 aromatic heterocycles. The molecule has 6 nitrogen and oxygen atoms in total. The van der Waals surface area contributed by atoms with Gasteiger partial charge in [-0.25, -0.2) is 9.18 Å². The predicted octanol–water partition coefficient (Wildman–Crippen LogP) is 2.77. The van der Waals surface area contributed by atoms with E-state index in [1.54, 1.807) is 41.6 Å². The van der Waals surface area contributed by atoms with Gasteiger partial charge in [-0.3, -0.25) is 14.7 Å². The molecule has 0 saturated heterocycles. The highest BCUT2D eigenvalue weighted by Crippen LogP contribution is 2.37. The number of hydrogen-bond acceptors (Lipinski definition) is 3. The van der Waals surface area contributed by atoms with Gasteiger partial charge in [0.05, 0.1) is 23.9 Å². The summed E-state index contributed by atoms with van der Waals surface area (Å²) in [4.78, 5) is 33.0. The second-order valence-corrected chi connectivity index (χ2v) is 6.68. The Labute approximate surface area is 162 Å². The third kappa shape index (κ3) is 3.05. The topological polar surface area (TPSA) is 65.5 Å². The summed E-state index contributed by atoms with van der Waals surface area (Å²) in [5.74, 6) is -0.675. The first-order valence-electron chi connectivity index (χ1n) is 8.94. The van der Waals surface area contributed by atoms with E-state index in [0.29, 0.717) is 17.8 Å². The Hall–Kier alpha value is -3.48. The Balaban J connectivity index is 1.73. The summed E-state index contributed by atoms with van der Waals surface area (Å²) in [6.45, 7) is 4.62. The van der Waals surface area contributed by atoms with E-state index >= 15 is 0 Å². The maximum atomic E-state index is 14.4. The number of nitrogens with one attached hydrogen (secondary N) is 1. The molecule has 7 heteroatoms. The molecule has 142 valence electrons. The van der Waals surface area contributed by atoms with Gasteiger partial charge in [0, 0.05) is 31.0 Å². The number of pyridine rings is 1. The van der Waals surface area contributed by atoms with Crippen molar-refractivity contribution in [1.82, 2.24) is 20.1 Å². The average molecular weight is 378 g/mol. The van der Waals surface area contributed by atoms with E-state index in [4.69, 9.17) is 0 Å². The van der Waals surface area contributed by atoms with Crippen molar-refractivity contribution in [2.45, 2.75) is 12.6 Å². The summed E-state index contributed by atoms with van der Waals surface area (Å²) in [6, 6.07) is 8.67. The summed E-state index contributed by atoms with van der Waals surface area (Å²) in [5, 5.41) is 2.78. The van der Waals surface area contributed by atoms with E-state index < -0.39 is 11.9 Å². The number of carbonyl (C=O) groups excluding carboxylic acids is 2. The smallest absolute Gasteiger partial charge is 0.322 e. The van der Waals surface area contributed by atoms with Crippen molar-refractivity contribution in [3.8, 4) is 0 Å². The van der Waals surface area contributed by atoms with Crippen LogP contribution >= 0.6 is 0 Å². The van der Waals surface area contributed by atoms with Crippen molar-refractivity contribution in [3.05, 3.63) is 89.7 Å². The van der Waals surface area contributed by atoms with Crippen LogP contribution in [0, 0.1) is 5.82 Å². The molecule has 0 fully saturated rings. The third-order valence-corrected chi connectivity index (χ3v) is 4.95. The molecular weight excluding hydrogens is 359 g/mol. The van der Waals surface area contributed by atoms with Gasteiger partial charge in [0.2, 0.25) is 0 Å². The molecule has 1 unspecified atom stereocenters. The van der Waals surface area contributed by atoms with E-state index in [0.717, 1.165) is 5.56 Å². The van der Waals surface area contributed by atoms with Gasteiger partial charge in [-0.1, -0.05) is 24.3 Å². The molecule has 1 atom stereocenters. The number of amides is 3. The number of rotatable bonds is 5. The van der Waals surface area contributed by atoms with Crippen molar-refractivity contribution in [2.75, 3.05) is 13.1 Å². The van der Waals surface area contributed by atoms with E-state index in [9.17, 15) is 14.0 Å². The average Bonchev–Trinajstić information content (AvgIpc) is 3.01. The third-order valence-electron chi connectivity index (χ3n) is 4.95. The van der Waals surface area contributed by atoms with Crippen LogP contribution < -0.4 is 5.32 Å². The molecule has 0 aliphatic carbocycles. The number of nitrogens with zero attached hydrogens (tertiary/aromatic N) is 3. The molecular formula is C21H19FN4O2. The summed E-state index contributed by atoms with van der Waals surface area (Å²) in [7, 11) is 0. The molecule has 0 radical (unpaired) electrons. The van der Waals surface area contributed by atoms with Gasteiger partial charge in [-0.2, -0.15) is 0 Å². The number of benzene rings is 1. The second-order valence-electron chi connectivity index (χ2n) is 6.68. The second kappa shape index (κ2) is 7.26. The van der Waals surface area contributed by atoms with Gasteiger partial charge in [0.15, 0.2) is 0 Å². The van der Waals surface area contributed by atoms with Gasteiger partial charge in [-0.15, -0.1) is 6.58 Å². The minimum atomic E-state index is -0.820. The molecule has 3 amide bonds. The summed E-state index contributed by atoms with van der Waals surface area (Å²) in [6.07, 6.45) is 4.94. The van der Waals surface area contributed by atoms with Crippen molar-refractivity contribution in [1.29, 1.82) is 0 Å². The molecule has 28 heavy (non-hydrogen) atoms. The Morgan fingerprint density at radius 1 is 1.21 bits per heavy atom. The molecule has 1 aromatic carbocycles. The lowest BCUT2D eigenvalue weighted by atomic mass is 9.95. The fourth-order valence-electron chi connectivity index (χ4n) is 3.65. The van der Waals surface area contributed by atoms with Crippen LogP contribution in [0.15, 0.2) is 72.7 Å². The zero-order valence-electron chi connectivity index (χ0n) is 15.1. The number of carbonyl (C=O) groups is 2. The van der Waals surface area contributed by atoms with E-state index in [-0.39, 0.29) is 30.6 Å². The van der Waals surface area contributed by atoms with Gasteiger partial charge in [0.25, 0.3) is 5.91 Å². The first-order chi connectivity index (χ1) is 13.6. The van der Waals surface area contributed by atoms with Crippen LogP contribution in [0.2, 0.25) is 0 Å². The lowest BCUT2D eigenvalue weighted by Gasteiger charge is -2.33. The van der Waals surface area contributed by atoms with Gasteiger partial charge in [0.1, 0.15) is 5.82 Å². The molecule has 2 aromatic rings. The van der Waals surface area contributed by atoms with E-state index in [1.807, 2.05) is 12.1 Å². The summed E-state index contributed by atoms with van der Waals surface area (Å²) < 4.78 is 14.4. The van der Waals surface area contributed by atoms with Gasteiger partial charge < -0.3 is 10.2 Å². The van der Waals surface area contributed by atoms with Crippen LogP contribution in [0.5, 0.6) is 0 Å². The standard InChI is InChI=1S/C21H19FN4O2/c1-2-11-26-17-13-25(12-14-7-9-23-10-8-14)20(27)18(17)19(24-21(26)28)15-5-3-4-6-16(15)22/h2-10,19H,1,11-13H2,(H,24,28). The molecule has 0 saturated carbocycles. The quantitative estimate of drug-likeness (QED) is 0.814. The van der Waals surface area contributed by atoms with E-state index in [1.165, 1.54) is 11.0 Å². The molecule has 2 aliphatic heterocycles. The summed E-state index contributed by atoms with van der Waals surface area (Å²) >= 11 is 0. The zero-order chi connectivity index (χ0) is 19.7. The minimum absolute atomic E-state index is 0.214. The maximum absolute atomic E-state index is 14.4. The lowest BCUT2D eigenvalue weighted by molar-refractivity contribution is -0.126. The summed E-state index contributed by atoms with van der Waals surface area (Å²) in [5.41, 5.74) is 2.21.